The lowest BCUT2D eigenvalue weighted by atomic mass is 10.1. The molecule has 0 aliphatic carbocycles. The first-order valence-electron chi connectivity index (χ1n) is 10.5. The Morgan fingerprint density at radius 1 is 1.10 bits per heavy atom. The molecule has 0 unspecified atom stereocenters. The topological polar surface area (TPSA) is 64.4 Å². The standard InChI is InChI=1S/C24H31N3O3/c1-17-11-18(2)13-22(12-17)30-16-24(28)26-25-19(3)20-7-8-23(29-4)21(14-20)15-27-9-5-6-10-27/h7-8,11-14H,5-6,9-10,15-16H2,1-4H3,(H,26,28)/p+1/b25-19-. The summed E-state index contributed by atoms with van der Waals surface area (Å²) in [5, 5.41) is 4.26. The van der Waals surface area contributed by atoms with E-state index in [9.17, 15) is 4.79 Å². The molecule has 0 spiro atoms. The van der Waals surface area contributed by atoms with Gasteiger partial charge in [0.05, 0.1) is 25.9 Å². The number of amides is 1. The highest BCUT2D eigenvalue weighted by Gasteiger charge is 2.18. The van der Waals surface area contributed by atoms with Gasteiger partial charge in [-0.1, -0.05) is 6.07 Å². The fourth-order valence-corrected chi connectivity index (χ4v) is 3.87. The maximum absolute atomic E-state index is 12.2. The van der Waals surface area contributed by atoms with Crippen LogP contribution in [0.2, 0.25) is 0 Å². The van der Waals surface area contributed by atoms with E-state index in [1.807, 2.05) is 45.0 Å². The van der Waals surface area contributed by atoms with Crippen LogP contribution in [-0.2, 0) is 11.3 Å². The highest BCUT2D eigenvalue weighted by Crippen LogP contribution is 2.20. The average Bonchev–Trinajstić information content (AvgIpc) is 3.23. The van der Waals surface area contributed by atoms with Crippen LogP contribution in [0.15, 0.2) is 41.5 Å². The van der Waals surface area contributed by atoms with E-state index < -0.39 is 0 Å². The number of benzene rings is 2. The second-order valence-electron chi connectivity index (χ2n) is 8.00. The summed E-state index contributed by atoms with van der Waals surface area (Å²) in [7, 11) is 1.70. The van der Waals surface area contributed by atoms with Crippen LogP contribution in [0.3, 0.4) is 0 Å². The third-order valence-electron chi connectivity index (χ3n) is 5.36. The molecule has 0 bridgehead atoms. The smallest absolute Gasteiger partial charge is 0.277 e. The van der Waals surface area contributed by atoms with Gasteiger partial charge in [0.25, 0.3) is 5.91 Å². The molecule has 0 saturated carbocycles. The van der Waals surface area contributed by atoms with Crippen molar-refractivity contribution in [3.63, 3.8) is 0 Å². The third kappa shape index (κ3) is 6.07. The molecule has 6 heteroatoms. The molecule has 2 aromatic carbocycles. The van der Waals surface area contributed by atoms with Gasteiger partial charge in [-0.3, -0.25) is 4.79 Å². The zero-order valence-corrected chi connectivity index (χ0v) is 18.4. The van der Waals surface area contributed by atoms with Crippen molar-refractivity contribution in [3.05, 3.63) is 58.7 Å². The predicted octanol–water partition coefficient (Wildman–Crippen LogP) is 2.41. The number of hydrogen-bond donors (Lipinski definition) is 2. The van der Waals surface area contributed by atoms with Crippen molar-refractivity contribution in [2.24, 2.45) is 5.10 Å². The van der Waals surface area contributed by atoms with E-state index in [0.29, 0.717) is 5.75 Å². The van der Waals surface area contributed by atoms with Crippen molar-refractivity contribution >= 4 is 11.6 Å². The molecule has 0 aromatic heterocycles. The van der Waals surface area contributed by atoms with Crippen LogP contribution < -0.4 is 19.8 Å². The Kier molecular flexibility index (Phi) is 7.46. The normalized spacial score (nSPS) is 14.6. The van der Waals surface area contributed by atoms with E-state index in [2.05, 4.69) is 22.7 Å². The lowest BCUT2D eigenvalue weighted by Crippen LogP contribution is -3.08. The Bertz CT molecular complexity index is 898. The molecule has 1 saturated heterocycles. The number of nitrogens with zero attached hydrogens (tertiary/aromatic N) is 1. The highest BCUT2D eigenvalue weighted by atomic mass is 16.5. The summed E-state index contributed by atoms with van der Waals surface area (Å²) in [6.45, 7) is 9.17. The monoisotopic (exact) mass is 410 g/mol. The third-order valence-corrected chi connectivity index (χ3v) is 5.36. The number of nitrogens with one attached hydrogen (secondary N) is 2. The first-order chi connectivity index (χ1) is 14.4. The van der Waals surface area contributed by atoms with Gasteiger partial charge in [-0.25, -0.2) is 5.43 Å². The number of likely N-dealkylation sites (tertiary alicyclic amines) is 1. The van der Waals surface area contributed by atoms with Gasteiger partial charge in [-0.05, 0) is 67.8 Å². The Morgan fingerprint density at radius 3 is 2.47 bits per heavy atom. The molecule has 0 radical (unpaired) electrons. The number of aryl methyl sites for hydroxylation is 2. The van der Waals surface area contributed by atoms with Crippen LogP contribution in [0.25, 0.3) is 0 Å². The van der Waals surface area contributed by atoms with Crippen molar-refractivity contribution in [1.82, 2.24) is 5.43 Å². The van der Waals surface area contributed by atoms with Gasteiger partial charge < -0.3 is 14.4 Å². The van der Waals surface area contributed by atoms with Crippen molar-refractivity contribution in [1.29, 1.82) is 0 Å². The molecular formula is C24H32N3O3+. The number of methoxy groups -OCH3 is 1. The van der Waals surface area contributed by atoms with Crippen molar-refractivity contribution in [2.45, 2.75) is 40.2 Å². The van der Waals surface area contributed by atoms with Crippen LogP contribution in [0, 0.1) is 13.8 Å². The number of ether oxygens (including phenoxy) is 2. The quantitative estimate of drug-likeness (QED) is 0.519. The minimum Gasteiger partial charge on any atom is -0.496 e. The molecule has 1 aliphatic rings. The van der Waals surface area contributed by atoms with Crippen molar-refractivity contribution in [3.8, 4) is 11.5 Å². The number of quaternary nitrogens is 1. The van der Waals surface area contributed by atoms with Gasteiger partial charge in [0, 0.05) is 18.4 Å². The molecular weight excluding hydrogens is 378 g/mol. The van der Waals surface area contributed by atoms with Gasteiger partial charge in [0.2, 0.25) is 0 Å². The lowest BCUT2D eigenvalue weighted by molar-refractivity contribution is -0.901. The summed E-state index contributed by atoms with van der Waals surface area (Å²) in [6, 6.07) is 11.9. The summed E-state index contributed by atoms with van der Waals surface area (Å²) in [6.07, 6.45) is 2.57. The van der Waals surface area contributed by atoms with Crippen molar-refractivity contribution < 1.29 is 19.2 Å². The Morgan fingerprint density at radius 2 is 1.80 bits per heavy atom. The molecule has 1 fully saturated rings. The molecule has 2 N–H and O–H groups in total. The molecule has 1 aliphatic heterocycles. The summed E-state index contributed by atoms with van der Waals surface area (Å²) < 4.78 is 11.1. The first kappa shape index (κ1) is 21.8. The summed E-state index contributed by atoms with van der Waals surface area (Å²) in [4.78, 5) is 13.7. The zero-order valence-electron chi connectivity index (χ0n) is 18.4. The van der Waals surface area contributed by atoms with Gasteiger partial charge in [0.1, 0.15) is 18.0 Å². The van der Waals surface area contributed by atoms with E-state index >= 15 is 0 Å². The summed E-state index contributed by atoms with van der Waals surface area (Å²) in [5.74, 6) is 1.30. The fraction of sp³-hybridized carbons (Fsp3) is 0.417. The molecule has 1 amide bonds. The van der Waals surface area contributed by atoms with E-state index in [1.165, 1.54) is 31.5 Å². The second kappa shape index (κ2) is 10.3. The predicted molar refractivity (Wildman–Crippen MR) is 118 cm³/mol. The van der Waals surface area contributed by atoms with Crippen molar-refractivity contribution in [2.75, 3.05) is 26.8 Å². The Labute approximate surface area is 178 Å². The van der Waals surface area contributed by atoms with E-state index in [0.717, 1.165) is 34.7 Å². The largest absolute Gasteiger partial charge is 0.496 e. The average molecular weight is 411 g/mol. The van der Waals surface area contributed by atoms with E-state index in [4.69, 9.17) is 9.47 Å². The molecule has 3 rings (SSSR count). The van der Waals surface area contributed by atoms with Crippen LogP contribution in [0.4, 0.5) is 0 Å². The lowest BCUT2D eigenvalue weighted by Gasteiger charge is -2.15. The fourth-order valence-electron chi connectivity index (χ4n) is 3.87. The molecule has 6 nitrogen and oxygen atoms in total. The Balaban J connectivity index is 1.60. The maximum atomic E-state index is 12.2. The van der Waals surface area contributed by atoms with E-state index in [1.54, 1.807) is 12.0 Å². The highest BCUT2D eigenvalue weighted by molar-refractivity contribution is 5.99. The van der Waals surface area contributed by atoms with Gasteiger partial charge in [-0.2, -0.15) is 5.10 Å². The van der Waals surface area contributed by atoms with Crippen LogP contribution >= 0.6 is 0 Å². The van der Waals surface area contributed by atoms with Gasteiger partial charge in [0.15, 0.2) is 6.61 Å². The number of hydrazone groups is 1. The maximum Gasteiger partial charge on any atom is 0.277 e. The van der Waals surface area contributed by atoms with Gasteiger partial charge in [-0.15, -0.1) is 0 Å². The molecule has 0 atom stereocenters. The van der Waals surface area contributed by atoms with Crippen LogP contribution in [0.5, 0.6) is 11.5 Å². The molecule has 30 heavy (non-hydrogen) atoms. The second-order valence-corrected chi connectivity index (χ2v) is 8.00. The summed E-state index contributed by atoms with van der Waals surface area (Å²) in [5.41, 5.74) is 7.68. The van der Waals surface area contributed by atoms with E-state index in [-0.39, 0.29) is 12.5 Å². The summed E-state index contributed by atoms with van der Waals surface area (Å²) >= 11 is 0. The number of carbonyl (C=O) groups is 1. The molecule has 1 heterocycles. The Hall–Kier alpha value is -2.86. The molecule has 160 valence electrons. The SMILES string of the molecule is COc1ccc(/C(C)=N\NC(=O)COc2cc(C)cc(C)c2)cc1C[NH+]1CCCC1. The number of rotatable bonds is 8. The minimum atomic E-state index is -0.288. The first-order valence-corrected chi connectivity index (χ1v) is 10.5. The zero-order chi connectivity index (χ0) is 21.5. The molecule has 2 aromatic rings. The number of hydrogen-bond acceptors (Lipinski definition) is 4. The van der Waals surface area contributed by atoms with Crippen LogP contribution in [-0.4, -0.2) is 38.4 Å². The minimum absolute atomic E-state index is 0.0775. The van der Waals surface area contributed by atoms with Gasteiger partial charge >= 0.3 is 0 Å². The number of carbonyl (C=O) groups excluding carboxylic acids is 1. The van der Waals surface area contributed by atoms with Crippen LogP contribution in [0.1, 0.15) is 42.0 Å².